The van der Waals surface area contributed by atoms with Crippen molar-refractivity contribution in [2.45, 2.75) is 12.8 Å². The van der Waals surface area contributed by atoms with Crippen LogP contribution in [0.3, 0.4) is 0 Å². The van der Waals surface area contributed by atoms with Crippen LogP contribution in [0.25, 0.3) is 22.4 Å². The summed E-state index contributed by atoms with van der Waals surface area (Å²) in [6.07, 6.45) is 0.144. The molecule has 28 heavy (non-hydrogen) atoms. The van der Waals surface area contributed by atoms with Crippen LogP contribution in [0, 0.1) is 0 Å². The Hall–Kier alpha value is -2.75. The summed E-state index contributed by atoms with van der Waals surface area (Å²) in [6.45, 7) is 0. The number of aromatic nitrogens is 2. The van der Waals surface area contributed by atoms with Crippen LogP contribution in [0.15, 0.2) is 48.5 Å². The third-order valence-corrected chi connectivity index (χ3v) is 4.80. The average molecular weight is 491 g/mol. The zero-order chi connectivity index (χ0) is 19.1. The van der Waals surface area contributed by atoms with Crippen LogP contribution >= 0.6 is 0 Å². The second-order valence-corrected chi connectivity index (χ2v) is 6.47. The van der Waals surface area contributed by atoms with Gasteiger partial charge in [-0.25, -0.2) is 13.9 Å². The van der Waals surface area contributed by atoms with Gasteiger partial charge in [-0.15, -0.1) is 5.06 Å². The number of amides is 2. The van der Waals surface area contributed by atoms with Gasteiger partial charge in [-0.2, -0.15) is 0 Å². The van der Waals surface area contributed by atoms with Gasteiger partial charge in [-0.1, -0.05) is 12.1 Å². The third-order valence-electron chi connectivity index (χ3n) is 4.80. The first kappa shape index (κ1) is 20.0. The lowest BCUT2D eigenvalue weighted by atomic mass is 10.1. The number of halogens is 1. The maximum absolute atomic E-state index is 12.2. The Morgan fingerprint density at radius 2 is 1.61 bits per heavy atom. The number of imide groups is 1. The summed E-state index contributed by atoms with van der Waals surface area (Å²) >= 11 is 0. The molecule has 1 aromatic heterocycles. The van der Waals surface area contributed by atoms with Gasteiger partial charge in [-0.3, -0.25) is 9.59 Å². The van der Waals surface area contributed by atoms with Crippen molar-refractivity contribution < 1.29 is 47.8 Å². The van der Waals surface area contributed by atoms with Crippen LogP contribution < -0.4 is 28.5 Å². The Morgan fingerprint density at radius 3 is 2.21 bits per heavy atom. The molecule has 144 valence electrons. The van der Waals surface area contributed by atoms with Gasteiger partial charge in [0.25, 0.3) is 17.6 Å². The highest BCUT2D eigenvalue weighted by atomic mass is 127. The van der Waals surface area contributed by atoms with E-state index in [1.54, 1.807) is 12.1 Å². The van der Waals surface area contributed by atoms with E-state index in [4.69, 9.17) is 4.84 Å². The van der Waals surface area contributed by atoms with Crippen LogP contribution in [-0.4, -0.2) is 27.4 Å². The van der Waals surface area contributed by atoms with Gasteiger partial charge in [0.1, 0.15) is 0 Å². The van der Waals surface area contributed by atoms with Crippen molar-refractivity contribution in [3.63, 3.8) is 0 Å². The molecule has 0 atom stereocenters. The first-order valence-corrected chi connectivity index (χ1v) is 8.59. The predicted octanol–water partition coefficient (Wildman–Crippen LogP) is -1.11. The molecule has 0 N–H and O–H groups in total. The van der Waals surface area contributed by atoms with E-state index in [0.717, 1.165) is 22.4 Å². The molecule has 0 radical (unpaired) electrons. The summed E-state index contributed by atoms with van der Waals surface area (Å²) in [7, 11) is 3.98. The summed E-state index contributed by atoms with van der Waals surface area (Å²) in [5.41, 5.74) is 3.41. The summed E-state index contributed by atoms with van der Waals surface area (Å²) in [6, 6.07) is 15.0. The number of aryl methyl sites for hydroxylation is 2. The van der Waals surface area contributed by atoms with Gasteiger partial charge in [-0.05, 0) is 36.4 Å². The van der Waals surface area contributed by atoms with Crippen LogP contribution in [0.1, 0.15) is 23.2 Å². The Balaban J connectivity index is 0.00000225. The van der Waals surface area contributed by atoms with E-state index in [-0.39, 0.29) is 42.4 Å². The molecule has 3 aromatic rings. The highest BCUT2D eigenvalue weighted by Crippen LogP contribution is 2.22. The molecule has 8 heteroatoms. The Bertz CT molecular complexity index is 1030. The maximum Gasteiger partial charge on any atom is 0.363 e. The number of imidazole rings is 1. The topological polar surface area (TPSA) is 72.5 Å². The summed E-state index contributed by atoms with van der Waals surface area (Å²) < 4.78 is 4.18. The number of hydroxylamine groups is 2. The largest absolute Gasteiger partial charge is 1.00 e. The van der Waals surface area contributed by atoms with E-state index in [1.165, 1.54) is 0 Å². The van der Waals surface area contributed by atoms with Crippen molar-refractivity contribution in [2.75, 3.05) is 0 Å². The fourth-order valence-electron chi connectivity index (χ4n) is 3.42. The molecule has 0 aliphatic carbocycles. The minimum Gasteiger partial charge on any atom is -1.00 e. The highest BCUT2D eigenvalue weighted by molar-refractivity contribution is 6.02. The molecule has 7 nitrogen and oxygen atoms in total. The molecule has 1 saturated heterocycles. The maximum atomic E-state index is 12.2. The van der Waals surface area contributed by atoms with E-state index in [0.29, 0.717) is 5.06 Å². The van der Waals surface area contributed by atoms with Gasteiger partial charge in [0.05, 0.1) is 25.2 Å². The van der Waals surface area contributed by atoms with Gasteiger partial charge in [0.15, 0.2) is 11.0 Å². The lowest BCUT2D eigenvalue weighted by molar-refractivity contribution is -0.634. The van der Waals surface area contributed by atoms with Crippen LogP contribution in [0.4, 0.5) is 0 Å². The van der Waals surface area contributed by atoms with Crippen molar-refractivity contribution in [2.24, 2.45) is 14.1 Å². The van der Waals surface area contributed by atoms with Crippen molar-refractivity contribution in [1.29, 1.82) is 0 Å². The molecule has 0 bridgehead atoms. The lowest BCUT2D eigenvalue weighted by Crippen LogP contribution is -3.00. The monoisotopic (exact) mass is 491 g/mol. The molecule has 4 rings (SSSR count). The van der Waals surface area contributed by atoms with Gasteiger partial charge in [0, 0.05) is 12.8 Å². The number of carbonyl (C=O) groups is 3. The van der Waals surface area contributed by atoms with Crippen LogP contribution in [-0.2, 0) is 28.5 Å². The highest BCUT2D eigenvalue weighted by Gasteiger charge is 2.33. The second kappa shape index (κ2) is 7.70. The van der Waals surface area contributed by atoms with Gasteiger partial charge < -0.3 is 28.8 Å². The number of hydrogen-bond donors (Lipinski definition) is 0. The molecule has 0 saturated carbocycles. The SMILES string of the molecule is Cn1c(-c2ccc(C(=O)ON3C(=O)CCC3=O)cc2)[n+](C)c2ccccc21.[I-]. The van der Waals surface area contributed by atoms with Crippen molar-refractivity contribution in [1.82, 2.24) is 9.63 Å². The number of carbonyl (C=O) groups excluding carboxylic acids is 3. The van der Waals surface area contributed by atoms with Gasteiger partial charge >= 0.3 is 5.97 Å². The molecular weight excluding hydrogens is 473 g/mol. The predicted molar refractivity (Wildman–Crippen MR) is 96.0 cm³/mol. The minimum atomic E-state index is -0.730. The quantitative estimate of drug-likeness (QED) is 0.265. The molecular formula is C20H18IN3O4. The number of nitrogens with zero attached hydrogens (tertiary/aromatic N) is 3. The second-order valence-electron chi connectivity index (χ2n) is 6.47. The Labute approximate surface area is 178 Å². The number of para-hydroxylation sites is 2. The normalized spacial score (nSPS) is 13.7. The zero-order valence-electron chi connectivity index (χ0n) is 15.4. The molecule has 0 spiro atoms. The molecule has 2 amide bonds. The fourth-order valence-corrected chi connectivity index (χ4v) is 3.42. The fraction of sp³-hybridized carbons (Fsp3) is 0.200. The minimum absolute atomic E-state index is 0. The van der Waals surface area contributed by atoms with E-state index in [9.17, 15) is 14.4 Å². The van der Waals surface area contributed by atoms with Crippen molar-refractivity contribution in [3.8, 4) is 11.4 Å². The zero-order valence-corrected chi connectivity index (χ0v) is 17.5. The van der Waals surface area contributed by atoms with Crippen LogP contribution in [0.5, 0.6) is 0 Å². The van der Waals surface area contributed by atoms with Crippen molar-refractivity contribution in [3.05, 3.63) is 54.1 Å². The Morgan fingerprint density at radius 1 is 1.00 bits per heavy atom. The number of fused-ring (bicyclic) bond motifs is 1. The number of rotatable bonds is 3. The van der Waals surface area contributed by atoms with E-state index >= 15 is 0 Å². The molecule has 2 heterocycles. The van der Waals surface area contributed by atoms with Gasteiger partial charge in [0.2, 0.25) is 0 Å². The van der Waals surface area contributed by atoms with E-state index < -0.39 is 17.8 Å². The first-order valence-electron chi connectivity index (χ1n) is 8.59. The summed E-state index contributed by atoms with van der Waals surface area (Å²) in [5.74, 6) is -0.729. The number of hydrogen-bond acceptors (Lipinski definition) is 4. The smallest absolute Gasteiger partial charge is 0.363 e. The van der Waals surface area contributed by atoms with E-state index in [2.05, 4.69) is 21.3 Å². The number of benzene rings is 2. The standard InChI is InChI=1S/C20H18N3O4.HI/c1-21-15-5-3-4-6-16(15)22(2)19(21)13-7-9-14(10-8-13)20(26)27-23-17(24)11-12-18(23)25;/h3-10H,11-12H2,1-2H3;1H/q+1;/p-1. The Kier molecular flexibility index (Phi) is 5.50. The summed E-state index contributed by atoms with van der Waals surface area (Å²) in [5, 5.41) is 0.556. The van der Waals surface area contributed by atoms with Crippen molar-refractivity contribution >= 4 is 28.8 Å². The average Bonchev–Trinajstić information content (AvgIpc) is 3.13. The molecule has 0 unspecified atom stereocenters. The van der Waals surface area contributed by atoms with Crippen LogP contribution in [0.2, 0.25) is 0 Å². The molecule has 1 aliphatic rings. The third kappa shape index (κ3) is 3.28. The van der Waals surface area contributed by atoms with E-state index in [1.807, 2.05) is 38.4 Å². The lowest BCUT2D eigenvalue weighted by Gasteiger charge is -2.12. The molecule has 2 aromatic carbocycles. The summed E-state index contributed by atoms with van der Waals surface area (Å²) in [4.78, 5) is 40.3. The molecule has 1 aliphatic heterocycles. The first-order chi connectivity index (χ1) is 13.0. The molecule has 1 fully saturated rings.